The first-order valence-electron chi connectivity index (χ1n) is 7.07. The van der Waals surface area contributed by atoms with E-state index in [1.54, 1.807) is 0 Å². The maximum absolute atomic E-state index is 3.52. The van der Waals surface area contributed by atoms with Gasteiger partial charge in [-0.1, -0.05) is 41.5 Å². The summed E-state index contributed by atoms with van der Waals surface area (Å²) in [7, 11) is 0. The second-order valence-corrected chi connectivity index (χ2v) is 5.46. The Labute approximate surface area is 110 Å². The number of unbranched alkanes of at least 4 members (excludes halogenated alkanes) is 2. The molecule has 0 atom stereocenters. The lowest BCUT2D eigenvalue weighted by atomic mass is 10.1. The van der Waals surface area contributed by atoms with E-state index in [1.165, 1.54) is 51.7 Å². The van der Waals surface area contributed by atoms with Gasteiger partial charge in [-0.3, -0.25) is 0 Å². The monoisotopic (exact) mass is 244 g/mol. The molecule has 2 nitrogen and oxygen atoms in total. The molecule has 0 spiro atoms. The number of rotatable bonds is 11. The molecule has 17 heavy (non-hydrogen) atoms. The smallest absolute Gasteiger partial charge is 0.00103 e. The fourth-order valence-corrected chi connectivity index (χ4v) is 1.70. The van der Waals surface area contributed by atoms with Gasteiger partial charge < -0.3 is 10.6 Å². The van der Waals surface area contributed by atoms with Crippen LogP contribution in [-0.4, -0.2) is 25.7 Å². The van der Waals surface area contributed by atoms with Gasteiger partial charge in [0, 0.05) is 6.04 Å². The number of hydrogen-bond acceptors (Lipinski definition) is 2. The lowest BCUT2D eigenvalue weighted by Crippen LogP contribution is -2.24. The summed E-state index contributed by atoms with van der Waals surface area (Å²) in [4.78, 5) is 0. The highest BCUT2D eigenvalue weighted by atomic mass is 14.9. The van der Waals surface area contributed by atoms with E-state index < -0.39 is 0 Å². The third-order valence-electron chi connectivity index (χ3n) is 2.72. The first-order valence-corrected chi connectivity index (χ1v) is 7.07. The molecule has 0 saturated carbocycles. The predicted molar refractivity (Wildman–Crippen MR) is 80.7 cm³/mol. The van der Waals surface area contributed by atoms with E-state index in [9.17, 15) is 0 Å². The first-order chi connectivity index (χ1) is 7.63. The van der Waals surface area contributed by atoms with Crippen LogP contribution in [0.3, 0.4) is 0 Å². The lowest BCUT2D eigenvalue weighted by Gasteiger charge is -2.08. The molecular formula is C15H36N2. The molecule has 0 bridgehead atoms. The zero-order chi connectivity index (χ0) is 12.2. The van der Waals surface area contributed by atoms with Gasteiger partial charge in [-0.15, -0.1) is 0 Å². The van der Waals surface area contributed by atoms with Crippen molar-refractivity contribution in [3.63, 3.8) is 0 Å². The van der Waals surface area contributed by atoms with Crippen molar-refractivity contribution in [1.29, 1.82) is 0 Å². The Morgan fingerprint density at radius 3 is 1.94 bits per heavy atom. The minimum atomic E-state index is 0. The number of nitrogens with one attached hydrogen (secondary N) is 2. The van der Waals surface area contributed by atoms with Crippen LogP contribution in [0.5, 0.6) is 0 Å². The molecule has 0 rings (SSSR count). The van der Waals surface area contributed by atoms with Gasteiger partial charge in [-0.25, -0.2) is 0 Å². The van der Waals surface area contributed by atoms with Crippen LogP contribution in [0.15, 0.2) is 0 Å². The summed E-state index contributed by atoms with van der Waals surface area (Å²) in [6.07, 6.45) is 6.65. The Bertz CT molecular complexity index is 117. The molecule has 0 aliphatic heterocycles. The molecular weight excluding hydrogens is 208 g/mol. The average molecular weight is 244 g/mol. The molecule has 0 aliphatic rings. The third kappa shape index (κ3) is 18.5. The molecule has 106 valence electrons. The SMILES string of the molecule is C.CC(C)CCCNCCCCCNC(C)C. The maximum Gasteiger partial charge on any atom is 0.00103 e. The highest BCUT2D eigenvalue weighted by Gasteiger charge is 1.94. The van der Waals surface area contributed by atoms with Crippen molar-refractivity contribution in [3.05, 3.63) is 0 Å². The van der Waals surface area contributed by atoms with Crippen LogP contribution in [0.2, 0.25) is 0 Å². The summed E-state index contributed by atoms with van der Waals surface area (Å²) < 4.78 is 0. The van der Waals surface area contributed by atoms with E-state index >= 15 is 0 Å². The molecule has 0 aromatic rings. The van der Waals surface area contributed by atoms with Crippen LogP contribution in [0.25, 0.3) is 0 Å². The average Bonchev–Trinajstić information content (AvgIpc) is 2.20. The Balaban J connectivity index is 0. The largest absolute Gasteiger partial charge is 0.317 e. The van der Waals surface area contributed by atoms with Crippen LogP contribution in [-0.2, 0) is 0 Å². The van der Waals surface area contributed by atoms with E-state index in [4.69, 9.17) is 0 Å². The second-order valence-electron chi connectivity index (χ2n) is 5.46. The highest BCUT2D eigenvalue weighted by Crippen LogP contribution is 2.01. The quantitative estimate of drug-likeness (QED) is 0.540. The van der Waals surface area contributed by atoms with Crippen molar-refractivity contribution in [1.82, 2.24) is 10.6 Å². The fraction of sp³-hybridized carbons (Fsp3) is 1.00. The van der Waals surface area contributed by atoms with E-state index in [0.717, 1.165) is 5.92 Å². The van der Waals surface area contributed by atoms with Crippen molar-refractivity contribution in [2.24, 2.45) is 5.92 Å². The first kappa shape index (κ1) is 19.3. The molecule has 2 N–H and O–H groups in total. The van der Waals surface area contributed by atoms with Gasteiger partial charge in [-0.05, 0) is 51.2 Å². The summed E-state index contributed by atoms with van der Waals surface area (Å²) in [5.74, 6) is 0.851. The van der Waals surface area contributed by atoms with Gasteiger partial charge in [0.2, 0.25) is 0 Å². The molecule has 0 aromatic heterocycles. The van der Waals surface area contributed by atoms with Gasteiger partial charge in [0.15, 0.2) is 0 Å². The molecule has 0 heterocycles. The Morgan fingerprint density at radius 2 is 1.35 bits per heavy atom. The Hall–Kier alpha value is -0.0800. The molecule has 0 aliphatic carbocycles. The topological polar surface area (TPSA) is 24.1 Å². The van der Waals surface area contributed by atoms with Gasteiger partial charge >= 0.3 is 0 Å². The van der Waals surface area contributed by atoms with Crippen molar-refractivity contribution in [2.45, 2.75) is 73.3 Å². The summed E-state index contributed by atoms with van der Waals surface area (Å²) in [5, 5.41) is 6.97. The van der Waals surface area contributed by atoms with Crippen LogP contribution >= 0.6 is 0 Å². The van der Waals surface area contributed by atoms with Crippen LogP contribution < -0.4 is 10.6 Å². The molecule has 0 saturated heterocycles. The maximum atomic E-state index is 3.52. The molecule has 2 heteroatoms. The van der Waals surface area contributed by atoms with E-state index in [-0.39, 0.29) is 7.43 Å². The van der Waals surface area contributed by atoms with Gasteiger partial charge in [-0.2, -0.15) is 0 Å². The normalized spacial score (nSPS) is 10.9. The second kappa shape index (κ2) is 14.0. The van der Waals surface area contributed by atoms with Gasteiger partial charge in [0.1, 0.15) is 0 Å². The van der Waals surface area contributed by atoms with E-state index in [0.29, 0.717) is 6.04 Å². The van der Waals surface area contributed by atoms with Crippen molar-refractivity contribution >= 4 is 0 Å². The highest BCUT2D eigenvalue weighted by molar-refractivity contribution is 4.55. The molecule has 0 aromatic carbocycles. The molecule has 0 amide bonds. The van der Waals surface area contributed by atoms with Crippen molar-refractivity contribution < 1.29 is 0 Å². The standard InChI is InChI=1S/C14H32N2.CH4/c1-13(2)9-8-11-15-10-6-5-7-12-16-14(3)4;/h13-16H,5-12H2,1-4H3;1H4. The van der Waals surface area contributed by atoms with E-state index in [2.05, 4.69) is 38.3 Å². The Kier molecular flexibility index (Phi) is 15.8. The van der Waals surface area contributed by atoms with Gasteiger partial charge in [0.05, 0.1) is 0 Å². The van der Waals surface area contributed by atoms with Crippen molar-refractivity contribution in [2.75, 3.05) is 19.6 Å². The molecule has 0 radical (unpaired) electrons. The Morgan fingerprint density at radius 1 is 0.765 bits per heavy atom. The zero-order valence-corrected chi connectivity index (χ0v) is 11.8. The molecule has 0 fully saturated rings. The summed E-state index contributed by atoms with van der Waals surface area (Å²) in [6, 6.07) is 0.633. The van der Waals surface area contributed by atoms with Gasteiger partial charge in [0.25, 0.3) is 0 Å². The summed E-state index contributed by atoms with van der Waals surface area (Å²) in [6.45, 7) is 12.6. The van der Waals surface area contributed by atoms with Crippen LogP contribution in [0, 0.1) is 5.92 Å². The summed E-state index contributed by atoms with van der Waals surface area (Å²) >= 11 is 0. The fourth-order valence-electron chi connectivity index (χ4n) is 1.70. The zero-order valence-electron chi connectivity index (χ0n) is 11.8. The molecule has 0 unspecified atom stereocenters. The van der Waals surface area contributed by atoms with Crippen molar-refractivity contribution in [3.8, 4) is 0 Å². The van der Waals surface area contributed by atoms with Crippen LogP contribution in [0.1, 0.15) is 67.2 Å². The summed E-state index contributed by atoms with van der Waals surface area (Å²) in [5.41, 5.74) is 0. The number of hydrogen-bond donors (Lipinski definition) is 2. The van der Waals surface area contributed by atoms with Crippen LogP contribution in [0.4, 0.5) is 0 Å². The minimum Gasteiger partial charge on any atom is -0.317 e. The lowest BCUT2D eigenvalue weighted by molar-refractivity contribution is 0.509. The third-order valence-corrected chi connectivity index (χ3v) is 2.72. The minimum absolute atomic E-state index is 0. The van der Waals surface area contributed by atoms with E-state index in [1.807, 2.05) is 0 Å². The predicted octanol–water partition coefficient (Wildman–Crippen LogP) is 3.82.